The van der Waals surface area contributed by atoms with E-state index in [1.807, 2.05) is 30.3 Å². The lowest BCUT2D eigenvalue weighted by molar-refractivity contribution is 0.0589. The van der Waals surface area contributed by atoms with Crippen LogP contribution in [-0.4, -0.2) is 38.0 Å². The zero-order valence-corrected chi connectivity index (χ0v) is 18.4. The van der Waals surface area contributed by atoms with Crippen molar-refractivity contribution in [3.63, 3.8) is 0 Å². The van der Waals surface area contributed by atoms with Crippen LogP contribution in [0.5, 0.6) is 5.75 Å². The average Bonchev–Trinajstić information content (AvgIpc) is 3.57. The molecule has 6 rings (SSSR count). The Hall–Kier alpha value is -4.46. The minimum Gasteiger partial charge on any atom is -0.497 e. The molecular formula is C26H21N5O3. The minimum atomic E-state index is -0.424. The predicted octanol–water partition coefficient (Wildman–Crippen LogP) is 4.56. The number of hydrogen-bond donors (Lipinski definition) is 1. The molecule has 0 fully saturated rings. The fourth-order valence-electron chi connectivity index (χ4n) is 4.39. The molecule has 1 atom stereocenters. The van der Waals surface area contributed by atoms with Crippen LogP contribution in [-0.2, 0) is 13.0 Å². The molecule has 1 amide bonds. The fourth-order valence-corrected chi connectivity index (χ4v) is 4.39. The van der Waals surface area contributed by atoms with Gasteiger partial charge in [0.1, 0.15) is 11.8 Å². The van der Waals surface area contributed by atoms with E-state index < -0.39 is 6.04 Å². The SMILES string of the molecule is COc1ccc(C(=O)N2Cc3[nH]cnc3C[C@H]2c2nc(-c3ccc4ccccc4c3)no2)cc1. The lowest BCUT2D eigenvalue weighted by Crippen LogP contribution is -2.39. The highest BCUT2D eigenvalue weighted by molar-refractivity contribution is 5.94. The van der Waals surface area contributed by atoms with Crippen LogP contribution in [0.3, 0.4) is 0 Å². The van der Waals surface area contributed by atoms with Crippen molar-refractivity contribution in [3.05, 3.63) is 95.9 Å². The molecular weight excluding hydrogens is 430 g/mol. The maximum Gasteiger partial charge on any atom is 0.254 e. The summed E-state index contributed by atoms with van der Waals surface area (Å²) in [5.41, 5.74) is 3.22. The molecule has 0 saturated heterocycles. The van der Waals surface area contributed by atoms with Gasteiger partial charge in [-0.3, -0.25) is 4.79 Å². The Morgan fingerprint density at radius 1 is 1.09 bits per heavy atom. The van der Waals surface area contributed by atoms with E-state index in [9.17, 15) is 4.79 Å². The number of nitrogens with one attached hydrogen (secondary N) is 1. The van der Waals surface area contributed by atoms with Crippen molar-refractivity contribution in [1.29, 1.82) is 0 Å². The maximum atomic E-state index is 13.5. The zero-order valence-electron chi connectivity index (χ0n) is 18.4. The van der Waals surface area contributed by atoms with E-state index in [4.69, 9.17) is 14.2 Å². The van der Waals surface area contributed by atoms with Crippen LogP contribution in [0.1, 0.15) is 33.7 Å². The number of imidazole rings is 1. The van der Waals surface area contributed by atoms with Crippen molar-refractivity contribution >= 4 is 16.7 Å². The van der Waals surface area contributed by atoms with E-state index in [0.29, 0.717) is 36.0 Å². The third kappa shape index (κ3) is 3.49. The zero-order chi connectivity index (χ0) is 23.1. The molecule has 3 aromatic carbocycles. The Morgan fingerprint density at radius 3 is 2.74 bits per heavy atom. The molecule has 0 bridgehead atoms. The number of ether oxygens (including phenoxy) is 1. The minimum absolute atomic E-state index is 0.127. The van der Waals surface area contributed by atoms with Crippen molar-refractivity contribution in [3.8, 4) is 17.1 Å². The molecule has 0 radical (unpaired) electrons. The number of benzene rings is 3. The summed E-state index contributed by atoms with van der Waals surface area (Å²) in [5.74, 6) is 1.45. The van der Waals surface area contributed by atoms with Crippen LogP contribution >= 0.6 is 0 Å². The van der Waals surface area contributed by atoms with Crippen molar-refractivity contribution in [2.24, 2.45) is 0 Å². The van der Waals surface area contributed by atoms with Gasteiger partial charge in [-0.25, -0.2) is 4.98 Å². The van der Waals surface area contributed by atoms with Crippen LogP contribution in [0.2, 0.25) is 0 Å². The molecule has 1 aliphatic rings. The lowest BCUT2D eigenvalue weighted by Gasteiger charge is -2.32. The van der Waals surface area contributed by atoms with Gasteiger partial charge in [-0.1, -0.05) is 41.6 Å². The van der Waals surface area contributed by atoms with Crippen LogP contribution in [0.25, 0.3) is 22.2 Å². The molecule has 0 unspecified atom stereocenters. The fraction of sp³-hybridized carbons (Fsp3) is 0.154. The van der Waals surface area contributed by atoms with Gasteiger partial charge in [-0.2, -0.15) is 4.98 Å². The first-order valence-electron chi connectivity index (χ1n) is 11.0. The first-order chi connectivity index (χ1) is 16.7. The molecule has 0 saturated carbocycles. The Morgan fingerprint density at radius 2 is 1.91 bits per heavy atom. The summed E-state index contributed by atoms with van der Waals surface area (Å²) >= 11 is 0. The predicted molar refractivity (Wildman–Crippen MR) is 125 cm³/mol. The Balaban J connectivity index is 1.35. The van der Waals surface area contributed by atoms with Crippen molar-refractivity contribution < 1.29 is 14.1 Å². The van der Waals surface area contributed by atoms with Gasteiger partial charge in [-0.05, 0) is 41.1 Å². The third-order valence-corrected chi connectivity index (χ3v) is 6.23. The Kier molecular flexibility index (Phi) is 4.83. The van der Waals surface area contributed by atoms with Crippen molar-refractivity contribution in [1.82, 2.24) is 25.0 Å². The lowest BCUT2D eigenvalue weighted by atomic mass is 10.0. The Labute approximate surface area is 195 Å². The number of aromatic nitrogens is 4. The van der Waals surface area contributed by atoms with Gasteiger partial charge in [0.05, 0.1) is 31.4 Å². The van der Waals surface area contributed by atoms with E-state index in [0.717, 1.165) is 27.7 Å². The smallest absolute Gasteiger partial charge is 0.254 e. The normalized spacial score (nSPS) is 15.3. The quantitative estimate of drug-likeness (QED) is 0.430. The molecule has 1 aliphatic heterocycles. The van der Waals surface area contributed by atoms with Gasteiger partial charge in [0.25, 0.3) is 5.91 Å². The summed E-state index contributed by atoms with van der Waals surface area (Å²) in [6.45, 7) is 0.374. The third-order valence-electron chi connectivity index (χ3n) is 6.23. The van der Waals surface area contributed by atoms with Gasteiger partial charge in [-0.15, -0.1) is 0 Å². The molecule has 34 heavy (non-hydrogen) atoms. The highest BCUT2D eigenvalue weighted by Crippen LogP contribution is 2.34. The van der Waals surface area contributed by atoms with Gasteiger partial charge in [0, 0.05) is 17.5 Å². The second-order valence-corrected chi connectivity index (χ2v) is 8.23. The van der Waals surface area contributed by atoms with E-state index >= 15 is 0 Å². The standard InChI is InChI=1S/C26H21N5O3/c1-33-20-10-8-17(9-11-20)26(32)31-14-22-21(27-15-28-22)13-23(31)25-29-24(30-34-25)19-7-6-16-4-2-3-5-18(16)12-19/h2-12,15,23H,13-14H2,1H3,(H,27,28)/t23-/m0/s1. The number of H-pyrrole nitrogens is 1. The largest absolute Gasteiger partial charge is 0.497 e. The number of amides is 1. The molecule has 0 aliphatic carbocycles. The summed E-state index contributed by atoms with van der Waals surface area (Å²) in [6.07, 6.45) is 2.14. The summed E-state index contributed by atoms with van der Waals surface area (Å²) in [4.78, 5) is 27.5. The number of rotatable bonds is 4. The van der Waals surface area contributed by atoms with Crippen molar-refractivity contribution in [2.45, 2.75) is 19.0 Å². The molecule has 168 valence electrons. The van der Waals surface area contributed by atoms with Crippen LogP contribution < -0.4 is 4.74 Å². The van der Waals surface area contributed by atoms with E-state index in [-0.39, 0.29) is 5.91 Å². The van der Waals surface area contributed by atoms with Gasteiger partial charge in [0.2, 0.25) is 11.7 Å². The number of aromatic amines is 1. The molecule has 3 heterocycles. The second kappa shape index (κ2) is 8.15. The first kappa shape index (κ1) is 20.2. The molecule has 0 spiro atoms. The van der Waals surface area contributed by atoms with Crippen LogP contribution in [0, 0.1) is 0 Å². The van der Waals surface area contributed by atoms with E-state index in [2.05, 4.69) is 27.3 Å². The number of hydrogen-bond acceptors (Lipinski definition) is 6. The van der Waals surface area contributed by atoms with Gasteiger partial charge >= 0.3 is 0 Å². The number of nitrogens with zero attached hydrogens (tertiary/aromatic N) is 4. The monoisotopic (exact) mass is 451 g/mol. The average molecular weight is 451 g/mol. The molecule has 8 nitrogen and oxygen atoms in total. The maximum absolute atomic E-state index is 13.5. The van der Waals surface area contributed by atoms with Gasteiger partial charge < -0.3 is 19.1 Å². The van der Waals surface area contributed by atoms with E-state index in [1.54, 1.807) is 42.6 Å². The topological polar surface area (TPSA) is 97.1 Å². The Bertz CT molecular complexity index is 1490. The summed E-state index contributed by atoms with van der Waals surface area (Å²) in [7, 11) is 1.60. The number of fused-ring (bicyclic) bond motifs is 2. The number of carbonyl (C=O) groups is 1. The van der Waals surface area contributed by atoms with Crippen molar-refractivity contribution in [2.75, 3.05) is 7.11 Å². The number of methoxy groups -OCH3 is 1. The first-order valence-corrected chi connectivity index (χ1v) is 11.0. The van der Waals surface area contributed by atoms with Gasteiger partial charge in [0.15, 0.2) is 0 Å². The van der Waals surface area contributed by atoms with Crippen LogP contribution in [0.15, 0.2) is 77.6 Å². The number of carbonyl (C=O) groups excluding carboxylic acids is 1. The molecule has 5 aromatic rings. The molecule has 8 heteroatoms. The van der Waals surface area contributed by atoms with E-state index in [1.165, 1.54) is 0 Å². The van der Waals surface area contributed by atoms with Crippen LogP contribution in [0.4, 0.5) is 0 Å². The summed E-state index contributed by atoms with van der Waals surface area (Å²) in [5, 5.41) is 6.47. The second-order valence-electron chi connectivity index (χ2n) is 8.23. The highest BCUT2D eigenvalue weighted by Gasteiger charge is 2.36. The summed E-state index contributed by atoms with van der Waals surface area (Å²) < 4.78 is 10.9. The molecule has 1 N–H and O–H groups in total. The summed E-state index contributed by atoms with van der Waals surface area (Å²) in [6, 6.07) is 20.8. The molecule has 2 aromatic heterocycles. The highest BCUT2D eigenvalue weighted by atomic mass is 16.5.